The van der Waals surface area contributed by atoms with Crippen LogP contribution < -0.4 is 36.0 Å². The first-order valence-electron chi connectivity index (χ1n) is 31.2. The van der Waals surface area contributed by atoms with E-state index in [1.807, 2.05) is 0 Å². The molecular formula is C80H84B2BrClN5S. The molecule has 0 bridgehead atoms. The fourth-order valence-electron chi connectivity index (χ4n) is 12.2. The van der Waals surface area contributed by atoms with Crippen molar-refractivity contribution in [2.24, 2.45) is 4.30 Å². The average molecular weight is 1280 g/mol. The number of nitrogens with zero attached hydrogens (tertiary/aromatic N) is 5. The van der Waals surface area contributed by atoms with E-state index in [-0.39, 0.29) is 28.4 Å². The Morgan fingerprint density at radius 3 is 1.17 bits per heavy atom. The van der Waals surface area contributed by atoms with Crippen molar-refractivity contribution in [3.05, 3.63) is 266 Å². The Bertz CT molecular complexity index is 4100. The molecule has 10 aromatic rings. The molecule has 0 saturated carbocycles. The van der Waals surface area contributed by atoms with Gasteiger partial charge >= 0.3 is 24.8 Å². The number of anilines is 12. The number of halogens is 2. The normalized spacial score (nSPS) is 12.6. The summed E-state index contributed by atoms with van der Waals surface area (Å²) in [7, 11) is 4.34. The molecule has 5 nitrogen and oxygen atoms in total. The molecular weight excluding hydrogens is 1200 g/mol. The molecule has 0 aromatic heterocycles. The Labute approximate surface area is 558 Å². The molecule has 10 heteroatoms. The third-order valence-corrected chi connectivity index (χ3v) is 18.4. The molecule has 0 fully saturated rings. The van der Waals surface area contributed by atoms with Crippen LogP contribution in [0.25, 0.3) is 0 Å². The predicted octanol–water partition coefficient (Wildman–Crippen LogP) is 22.4. The predicted molar refractivity (Wildman–Crippen MR) is 400 cm³/mol. The van der Waals surface area contributed by atoms with Crippen LogP contribution in [0.4, 0.5) is 68.2 Å². The van der Waals surface area contributed by atoms with Gasteiger partial charge in [0.1, 0.15) is 0 Å². The summed E-state index contributed by atoms with van der Waals surface area (Å²) in [6, 6.07) is 78.1. The number of thiol groups is 1. The zero-order valence-corrected chi connectivity index (χ0v) is 58.5. The van der Waals surface area contributed by atoms with Crippen molar-refractivity contribution in [3.63, 3.8) is 0 Å². The van der Waals surface area contributed by atoms with Gasteiger partial charge in [0.2, 0.25) is 0 Å². The maximum atomic E-state index is 7.48. The van der Waals surface area contributed by atoms with Crippen LogP contribution in [0, 0.1) is 27.7 Å². The summed E-state index contributed by atoms with van der Waals surface area (Å²) in [5, 5.41) is 0.684. The summed E-state index contributed by atoms with van der Waals surface area (Å²) in [5.74, 6) is 0. The molecule has 1 radical (unpaired) electrons. The van der Waals surface area contributed by atoms with Gasteiger partial charge in [-0.05, 0) is 213 Å². The summed E-state index contributed by atoms with van der Waals surface area (Å²) in [6.45, 7) is 36.0. The molecule has 2 aliphatic rings. The Hall–Kier alpha value is -7.55. The van der Waals surface area contributed by atoms with E-state index in [1.54, 1.807) is 0 Å². The first-order valence-corrected chi connectivity index (χ1v) is 32.8. The van der Waals surface area contributed by atoms with Crippen molar-refractivity contribution < 1.29 is 0 Å². The van der Waals surface area contributed by atoms with Crippen LogP contribution in [-0.2, 0) is 21.7 Å². The van der Waals surface area contributed by atoms with Gasteiger partial charge in [0.05, 0.1) is 22.1 Å². The summed E-state index contributed by atoms with van der Waals surface area (Å²) in [5.41, 5.74) is 28.0. The number of fused-ring (bicyclic) bond motifs is 4. The molecule has 12 rings (SSSR count). The van der Waals surface area contributed by atoms with Crippen LogP contribution in [0.5, 0.6) is 0 Å². The third-order valence-electron chi connectivity index (χ3n) is 17.4. The second-order valence-electron chi connectivity index (χ2n) is 28.3. The fourth-order valence-corrected chi connectivity index (χ4v) is 13.1. The zero-order valence-electron chi connectivity index (χ0n) is 55.3. The van der Waals surface area contributed by atoms with E-state index in [0.29, 0.717) is 5.02 Å². The van der Waals surface area contributed by atoms with Crippen molar-refractivity contribution in [1.29, 1.82) is 0 Å². The molecule has 455 valence electrons. The number of hydrogen-bond donors (Lipinski definition) is 1. The van der Waals surface area contributed by atoms with Gasteiger partial charge in [-0.1, -0.05) is 220 Å². The molecule has 0 saturated heterocycles. The second kappa shape index (κ2) is 26.0. The van der Waals surface area contributed by atoms with E-state index in [4.69, 9.17) is 11.6 Å². The van der Waals surface area contributed by atoms with E-state index in [0.717, 1.165) is 38.6 Å². The van der Waals surface area contributed by atoms with E-state index in [2.05, 4.69) is 383 Å². The van der Waals surface area contributed by atoms with Gasteiger partial charge in [-0.15, -0.1) is 0 Å². The molecule has 0 unspecified atom stereocenters. The standard InChI is InChI=1S/C40H40BBrN2.C40H43ClN2.BHNS/c1-25-9-15-30(16-10-25)44-35-20-11-26(2)23-31(35)41-32-24-28(40(6,7)8)14-21-34(32)43(36-22-19-33(42)38(44)37(36)41)29-17-12-27(13-18-29)39(3,4)5;1-28-12-20-32(21-13-28)42(33-22-14-29(2)15-23-33)36-10-9-11-37(38(36)41)43(34-24-16-30(17-25-34)39(3,4)5)35-26-18-31(19-27-35)40(6,7)8;1-2-3/h9-24H,1-8H3;9-27H,1-8H3;3H. The third kappa shape index (κ3) is 13.6. The summed E-state index contributed by atoms with van der Waals surface area (Å²) < 4.78 is 3.80. The Balaban J connectivity index is 0.000000190. The van der Waals surface area contributed by atoms with E-state index in [1.165, 1.54) is 95.0 Å². The molecule has 90 heavy (non-hydrogen) atoms. The molecule has 2 aliphatic heterocycles. The fraction of sp³-hybridized carbons (Fsp3) is 0.250. The minimum absolute atomic E-state index is 0.0344. The van der Waals surface area contributed by atoms with Crippen LogP contribution in [0.15, 0.2) is 221 Å². The first-order chi connectivity index (χ1) is 42.6. The average Bonchev–Trinajstić information content (AvgIpc) is 0.699. The summed E-state index contributed by atoms with van der Waals surface area (Å²) in [4.78, 5) is 9.47. The van der Waals surface area contributed by atoms with Crippen molar-refractivity contribution in [3.8, 4) is 0 Å². The molecule has 2 heterocycles. The van der Waals surface area contributed by atoms with Crippen molar-refractivity contribution in [2.45, 2.75) is 132 Å². The van der Waals surface area contributed by atoms with Gasteiger partial charge in [0, 0.05) is 55.7 Å². The van der Waals surface area contributed by atoms with Crippen molar-refractivity contribution >= 4 is 139 Å². The van der Waals surface area contributed by atoms with Gasteiger partial charge < -0.3 is 19.6 Å². The zero-order chi connectivity index (χ0) is 64.8. The van der Waals surface area contributed by atoms with Gasteiger partial charge in [0.15, 0.2) is 0 Å². The Morgan fingerprint density at radius 1 is 0.411 bits per heavy atom. The van der Waals surface area contributed by atoms with Crippen LogP contribution in [0.1, 0.15) is 128 Å². The van der Waals surface area contributed by atoms with E-state index in [9.17, 15) is 0 Å². The maximum absolute atomic E-state index is 7.48. The van der Waals surface area contributed by atoms with Gasteiger partial charge in [-0.25, -0.2) is 0 Å². The first kappa shape index (κ1) is 65.4. The summed E-state index contributed by atoms with van der Waals surface area (Å²) in [6.07, 6.45) is 0. The Morgan fingerprint density at radius 2 is 0.733 bits per heavy atom. The number of aryl methyl sites for hydroxylation is 4. The van der Waals surface area contributed by atoms with Gasteiger partial charge in [-0.3, -0.25) is 0 Å². The number of hydrogen-bond acceptors (Lipinski definition) is 6. The van der Waals surface area contributed by atoms with Crippen LogP contribution in [0.3, 0.4) is 0 Å². The van der Waals surface area contributed by atoms with Crippen LogP contribution in [-0.4, -0.2) is 14.4 Å². The van der Waals surface area contributed by atoms with Crippen LogP contribution in [0.2, 0.25) is 5.02 Å². The summed E-state index contributed by atoms with van der Waals surface area (Å²) >= 11 is 14.7. The molecule has 0 spiro atoms. The minimum atomic E-state index is 0.0344. The SMILES string of the molecule is Cc1ccc(N(c2ccc(C)cc2)c2cccc(N(c3ccc(C(C)(C)C)cc3)c3ccc(C(C)(C)C)cc3)c2Cl)cc1.Cc1ccc(N2c3ccc(C)cc3B3c4cc(C(C)(C)C)ccc4N(c4ccc(C(C)(C)C)cc4)c4ccc(Br)c2c43)cc1.[B]=NS. The molecule has 0 N–H and O–H groups in total. The Kier molecular flexibility index (Phi) is 18.9. The topological polar surface area (TPSA) is 25.3 Å². The molecule has 0 amide bonds. The monoisotopic (exact) mass is 1280 g/mol. The number of rotatable bonds is 8. The van der Waals surface area contributed by atoms with Gasteiger partial charge in [-0.2, -0.15) is 0 Å². The van der Waals surface area contributed by atoms with Crippen molar-refractivity contribution in [1.82, 2.24) is 0 Å². The van der Waals surface area contributed by atoms with Crippen molar-refractivity contribution in [2.75, 3.05) is 19.6 Å². The van der Waals surface area contributed by atoms with Crippen LogP contribution >= 0.6 is 40.3 Å². The van der Waals surface area contributed by atoms with E-state index < -0.39 is 0 Å². The molecule has 10 aromatic carbocycles. The number of benzene rings is 10. The van der Waals surface area contributed by atoms with E-state index >= 15 is 0 Å². The molecule has 0 aliphatic carbocycles. The molecule has 0 atom stereocenters. The van der Waals surface area contributed by atoms with Gasteiger partial charge in [0.25, 0.3) is 6.71 Å². The quantitative estimate of drug-likeness (QED) is 0.121. The second-order valence-corrected chi connectivity index (χ2v) is 29.8.